The number of halogens is 1. The number of hydrogen-bond acceptors (Lipinski definition) is 3. The molecule has 1 aromatic rings. The lowest BCUT2D eigenvalue weighted by Gasteiger charge is -2.12. The predicted octanol–water partition coefficient (Wildman–Crippen LogP) is 1.94. The number of carbonyl (C=O) groups excluding carboxylic acids is 1. The minimum atomic E-state index is -3.48. The van der Waals surface area contributed by atoms with E-state index < -0.39 is 15.9 Å². The monoisotopic (exact) mass is 331 g/mol. The highest BCUT2D eigenvalue weighted by Gasteiger charge is 2.30. The number of rotatable bonds is 3. The van der Waals surface area contributed by atoms with Crippen LogP contribution in [0, 0.1) is 0 Å². The first-order valence-corrected chi connectivity index (χ1v) is 8.20. The van der Waals surface area contributed by atoms with Crippen molar-refractivity contribution in [3.05, 3.63) is 33.8 Å². The molecule has 1 unspecified atom stereocenters. The van der Waals surface area contributed by atoms with Gasteiger partial charge >= 0.3 is 0 Å². The molecule has 6 heteroatoms. The number of sulfonamides is 1. The molecule has 1 aliphatic rings. The Balaban J connectivity index is 2.21. The van der Waals surface area contributed by atoms with Gasteiger partial charge in [0, 0.05) is 4.47 Å². The maximum absolute atomic E-state index is 12.0. The SMILES string of the molecule is CCS(=O)(=O)NC(=O)C1CCc2cc(Br)ccc21. The Labute approximate surface area is 115 Å². The van der Waals surface area contributed by atoms with E-state index in [0.29, 0.717) is 6.42 Å². The van der Waals surface area contributed by atoms with Crippen LogP contribution in [-0.4, -0.2) is 20.1 Å². The summed E-state index contributed by atoms with van der Waals surface area (Å²) in [6.45, 7) is 1.51. The van der Waals surface area contributed by atoms with Crippen molar-refractivity contribution in [2.75, 3.05) is 5.75 Å². The van der Waals surface area contributed by atoms with Gasteiger partial charge in [-0.3, -0.25) is 9.52 Å². The van der Waals surface area contributed by atoms with Crippen molar-refractivity contribution in [3.8, 4) is 0 Å². The summed E-state index contributed by atoms with van der Waals surface area (Å²) in [7, 11) is -3.48. The van der Waals surface area contributed by atoms with Crippen LogP contribution in [0.25, 0.3) is 0 Å². The first-order valence-electron chi connectivity index (χ1n) is 5.75. The van der Waals surface area contributed by atoms with Crippen molar-refractivity contribution >= 4 is 31.9 Å². The summed E-state index contributed by atoms with van der Waals surface area (Å²) in [4.78, 5) is 12.0. The van der Waals surface area contributed by atoms with Crippen LogP contribution in [0.4, 0.5) is 0 Å². The van der Waals surface area contributed by atoms with Gasteiger partial charge in [0.1, 0.15) is 0 Å². The maximum atomic E-state index is 12.0. The van der Waals surface area contributed by atoms with Crippen molar-refractivity contribution in [2.45, 2.75) is 25.7 Å². The van der Waals surface area contributed by atoms with Crippen LogP contribution in [0.15, 0.2) is 22.7 Å². The number of nitrogens with one attached hydrogen (secondary N) is 1. The molecule has 2 rings (SSSR count). The highest BCUT2D eigenvalue weighted by molar-refractivity contribution is 9.10. The minimum Gasteiger partial charge on any atom is -0.273 e. The fourth-order valence-corrected chi connectivity index (χ4v) is 3.16. The van der Waals surface area contributed by atoms with E-state index in [1.807, 2.05) is 18.2 Å². The average molecular weight is 332 g/mol. The van der Waals surface area contributed by atoms with Gasteiger partial charge in [0.25, 0.3) is 0 Å². The molecule has 0 heterocycles. The first kappa shape index (κ1) is 13.5. The predicted molar refractivity (Wildman–Crippen MR) is 72.8 cm³/mol. The Hall–Kier alpha value is -0.880. The molecule has 18 heavy (non-hydrogen) atoms. The Morgan fingerprint density at radius 3 is 2.89 bits per heavy atom. The number of carbonyl (C=O) groups is 1. The van der Waals surface area contributed by atoms with E-state index in [9.17, 15) is 13.2 Å². The Kier molecular flexibility index (Phi) is 3.77. The topological polar surface area (TPSA) is 63.2 Å². The van der Waals surface area contributed by atoms with Crippen LogP contribution >= 0.6 is 15.9 Å². The van der Waals surface area contributed by atoms with Crippen LogP contribution in [0.5, 0.6) is 0 Å². The zero-order valence-corrected chi connectivity index (χ0v) is 12.3. The van der Waals surface area contributed by atoms with E-state index in [4.69, 9.17) is 0 Å². The Bertz CT molecular complexity index is 583. The molecule has 98 valence electrons. The zero-order valence-electron chi connectivity index (χ0n) is 9.94. The summed E-state index contributed by atoms with van der Waals surface area (Å²) in [6, 6.07) is 5.74. The highest BCUT2D eigenvalue weighted by Crippen LogP contribution is 2.34. The van der Waals surface area contributed by atoms with E-state index in [2.05, 4.69) is 20.7 Å². The number of hydrogen-bond donors (Lipinski definition) is 1. The van der Waals surface area contributed by atoms with Crippen molar-refractivity contribution in [3.63, 3.8) is 0 Å². The van der Waals surface area contributed by atoms with Crippen molar-refractivity contribution < 1.29 is 13.2 Å². The standard InChI is InChI=1S/C12H14BrNO3S/c1-2-18(16,17)14-12(15)11-5-3-8-7-9(13)4-6-10(8)11/h4,6-7,11H,2-3,5H2,1H3,(H,14,15). The van der Waals surface area contributed by atoms with E-state index in [-0.39, 0.29) is 11.7 Å². The highest BCUT2D eigenvalue weighted by atomic mass is 79.9. The van der Waals surface area contributed by atoms with Gasteiger partial charge in [0.2, 0.25) is 15.9 Å². The summed E-state index contributed by atoms with van der Waals surface area (Å²) < 4.78 is 25.9. The van der Waals surface area contributed by atoms with Gasteiger partial charge in [-0.2, -0.15) is 0 Å². The number of amides is 1. The average Bonchev–Trinajstić information content (AvgIpc) is 2.71. The largest absolute Gasteiger partial charge is 0.273 e. The lowest BCUT2D eigenvalue weighted by atomic mass is 10.0. The zero-order chi connectivity index (χ0) is 13.3. The molecule has 0 radical (unpaired) electrons. The van der Waals surface area contributed by atoms with Gasteiger partial charge in [-0.25, -0.2) is 8.42 Å². The van der Waals surface area contributed by atoms with Crippen LogP contribution in [-0.2, 0) is 21.2 Å². The van der Waals surface area contributed by atoms with Crippen molar-refractivity contribution in [1.82, 2.24) is 4.72 Å². The number of benzene rings is 1. The fraction of sp³-hybridized carbons (Fsp3) is 0.417. The summed E-state index contributed by atoms with van der Waals surface area (Å²) in [5, 5.41) is 0. The minimum absolute atomic E-state index is 0.0847. The van der Waals surface area contributed by atoms with Crippen molar-refractivity contribution in [2.24, 2.45) is 0 Å². The van der Waals surface area contributed by atoms with Crippen LogP contribution in [0.1, 0.15) is 30.4 Å². The number of aryl methyl sites for hydroxylation is 1. The first-order chi connectivity index (χ1) is 8.43. The fourth-order valence-electron chi connectivity index (χ4n) is 2.16. The van der Waals surface area contributed by atoms with Gasteiger partial charge in [-0.1, -0.05) is 22.0 Å². The molecule has 1 amide bonds. The second kappa shape index (κ2) is 5.01. The quantitative estimate of drug-likeness (QED) is 0.920. The number of fused-ring (bicyclic) bond motifs is 1. The molecule has 0 saturated heterocycles. The molecule has 0 aromatic heterocycles. The van der Waals surface area contributed by atoms with Gasteiger partial charge in [0.15, 0.2) is 0 Å². The molecule has 0 saturated carbocycles. The second-order valence-electron chi connectivity index (χ2n) is 4.30. The summed E-state index contributed by atoms with van der Waals surface area (Å²) in [6.07, 6.45) is 1.47. The van der Waals surface area contributed by atoms with Gasteiger partial charge in [-0.05, 0) is 43.0 Å². The van der Waals surface area contributed by atoms with Gasteiger partial charge < -0.3 is 0 Å². The normalized spacial score (nSPS) is 18.4. The molecule has 0 aliphatic heterocycles. The molecule has 1 aliphatic carbocycles. The van der Waals surface area contributed by atoms with E-state index in [1.165, 1.54) is 6.92 Å². The molecule has 1 atom stereocenters. The van der Waals surface area contributed by atoms with E-state index in [1.54, 1.807) is 0 Å². The smallest absolute Gasteiger partial charge is 0.240 e. The molecule has 0 fully saturated rings. The van der Waals surface area contributed by atoms with Crippen LogP contribution in [0.2, 0.25) is 0 Å². The third-order valence-corrected chi connectivity index (χ3v) is 4.90. The molecule has 0 bridgehead atoms. The summed E-state index contributed by atoms with van der Waals surface area (Å²) in [5.41, 5.74) is 2.04. The molecule has 0 spiro atoms. The van der Waals surface area contributed by atoms with E-state index in [0.717, 1.165) is 22.0 Å². The van der Waals surface area contributed by atoms with Crippen LogP contribution in [0.3, 0.4) is 0 Å². The van der Waals surface area contributed by atoms with E-state index >= 15 is 0 Å². The maximum Gasteiger partial charge on any atom is 0.240 e. The second-order valence-corrected chi connectivity index (χ2v) is 7.23. The summed E-state index contributed by atoms with van der Waals surface area (Å²) >= 11 is 3.39. The molecular weight excluding hydrogens is 318 g/mol. The van der Waals surface area contributed by atoms with Crippen molar-refractivity contribution in [1.29, 1.82) is 0 Å². The summed E-state index contributed by atoms with van der Waals surface area (Å²) in [5.74, 6) is -0.856. The molecule has 1 N–H and O–H groups in total. The molecule has 4 nitrogen and oxygen atoms in total. The Morgan fingerprint density at radius 1 is 1.50 bits per heavy atom. The lowest BCUT2D eigenvalue weighted by Crippen LogP contribution is -2.35. The Morgan fingerprint density at radius 2 is 2.22 bits per heavy atom. The third kappa shape index (κ3) is 2.75. The van der Waals surface area contributed by atoms with Crippen LogP contribution < -0.4 is 4.72 Å². The van der Waals surface area contributed by atoms with Gasteiger partial charge in [-0.15, -0.1) is 0 Å². The molecule has 1 aromatic carbocycles. The lowest BCUT2D eigenvalue weighted by molar-refractivity contribution is -0.120. The molecular formula is C12H14BrNO3S. The van der Waals surface area contributed by atoms with Gasteiger partial charge in [0.05, 0.1) is 11.7 Å². The third-order valence-electron chi connectivity index (χ3n) is 3.14.